The zero-order valence-electron chi connectivity index (χ0n) is 19.5. The van der Waals surface area contributed by atoms with E-state index in [4.69, 9.17) is 10.00 Å². The molecule has 2 aromatic carbocycles. The highest BCUT2D eigenvalue weighted by Crippen LogP contribution is 2.30. The van der Waals surface area contributed by atoms with E-state index in [1.165, 1.54) is 0 Å². The molecule has 6 nitrogen and oxygen atoms in total. The van der Waals surface area contributed by atoms with Crippen LogP contribution in [-0.4, -0.2) is 34.8 Å². The molecule has 3 heterocycles. The van der Waals surface area contributed by atoms with Crippen LogP contribution in [0.5, 0.6) is 0 Å². The van der Waals surface area contributed by atoms with Crippen LogP contribution in [0.3, 0.4) is 0 Å². The van der Waals surface area contributed by atoms with E-state index in [0.717, 1.165) is 46.5 Å². The van der Waals surface area contributed by atoms with Crippen molar-refractivity contribution in [3.8, 4) is 22.9 Å². The fourth-order valence-corrected chi connectivity index (χ4v) is 4.84. The highest BCUT2D eigenvalue weighted by molar-refractivity contribution is 5.97. The molecular formula is C28H26N4O2. The van der Waals surface area contributed by atoms with Crippen molar-refractivity contribution >= 4 is 16.5 Å². The Morgan fingerprint density at radius 2 is 1.62 bits per heavy atom. The van der Waals surface area contributed by atoms with Crippen molar-refractivity contribution in [1.82, 2.24) is 9.55 Å². The quantitative estimate of drug-likeness (QED) is 0.446. The summed E-state index contributed by atoms with van der Waals surface area (Å²) in [5.41, 5.74) is 5.23. The molecule has 0 radical (unpaired) electrons. The summed E-state index contributed by atoms with van der Waals surface area (Å²) in [6.07, 6.45) is 5.68. The maximum Gasteiger partial charge on any atom is 0.264 e. The predicted molar refractivity (Wildman–Crippen MR) is 134 cm³/mol. The van der Waals surface area contributed by atoms with E-state index in [1.807, 2.05) is 37.4 Å². The van der Waals surface area contributed by atoms with Gasteiger partial charge in [-0.1, -0.05) is 12.1 Å². The van der Waals surface area contributed by atoms with Crippen LogP contribution in [0.15, 0.2) is 71.9 Å². The smallest absolute Gasteiger partial charge is 0.264 e. The zero-order valence-corrected chi connectivity index (χ0v) is 19.5. The van der Waals surface area contributed by atoms with Gasteiger partial charge in [0, 0.05) is 54.0 Å². The Bertz CT molecular complexity index is 1440. The van der Waals surface area contributed by atoms with Gasteiger partial charge in [-0.2, -0.15) is 5.26 Å². The second-order valence-electron chi connectivity index (χ2n) is 8.96. The molecule has 2 atom stereocenters. The van der Waals surface area contributed by atoms with Crippen molar-refractivity contribution in [2.75, 3.05) is 18.0 Å². The lowest BCUT2D eigenvalue weighted by Gasteiger charge is -2.36. The summed E-state index contributed by atoms with van der Waals surface area (Å²) < 4.78 is 7.54. The SMILES string of the molecule is Cc1cn(-c2ccc(N3C[C@@H](C)O[C@@H](C)C3)cc2)c(=O)c2cncc(-c3ccc(C#N)cc3)c12. The van der Waals surface area contributed by atoms with Gasteiger partial charge < -0.3 is 9.64 Å². The second-order valence-corrected chi connectivity index (χ2v) is 8.96. The number of fused-ring (bicyclic) bond motifs is 1. The number of rotatable bonds is 3. The van der Waals surface area contributed by atoms with Gasteiger partial charge in [0.15, 0.2) is 0 Å². The van der Waals surface area contributed by atoms with Crippen LogP contribution in [0.1, 0.15) is 25.0 Å². The minimum Gasteiger partial charge on any atom is -0.372 e. The standard InChI is InChI=1S/C28H26N4O2/c1-18-15-32(24-10-8-23(9-11-24)31-16-19(2)34-20(3)17-31)28(33)26-14-30-13-25(27(18)26)22-6-4-21(12-29)5-7-22/h4-11,13-15,19-20H,16-17H2,1-3H3/t19-,20+. The normalized spacial score (nSPS) is 18.1. The molecule has 1 fully saturated rings. The number of pyridine rings is 2. The molecule has 0 aliphatic carbocycles. The summed E-state index contributed by atoms with van der Waals surface area (Å²) in [7, 11) is 0. The number of aromatic nitrogens is 2. The van der Waals surface area contributed by atoms with E-state index >= 15 is 0 Å². The number of benzene rings is 2. The van der Waals surface area contributed by atoms with Gasteiger partial charge in [-0.3, -0.25) is 14.3 Å². The molecule has 0 N–H and O–H groups in total. The molecule has 0 spiro atoms. The van der Waals surface area contributed by atoms with E-state index in [-0.39, 0.29) is 17.8 Å². The second kappa shape index (κ2) is 8.77. The topological polar surface area (TPSA) is 71.2 Å². The number of morpholine rings is 1. The lowest BCUT2D eigenvalue weighted by Crippen LogP contribution is -2.45. The molecule has 0 amide bonds. The van der Waals surface area contributed by atoms with Crippen molar-refractivity contribution in [1.29, 1.82) is 5.26 Å². The van der Waals surface area contributed by atoms with E-state index in [1.54, 1.807) is 29.1 Å². The Balaban J connectivity index is 1.55. The molecular weight excluding hydrogens is 424 g/mol. The first-order valence-corrected chi connectivity index (χ1v) is 11.5. The molecule has 1 saturated heterocycles. The number of ether oxygens (including phenoxy) is 1. The Kier molecular flexibility index (Phi) is 5.64. The maximum atomic E-state index is 13.5. The summed E-state index contributed by atoms with van der Waals surface area (Å²) in [4.78, 5) is 20.2. The van der Waals surface area contributed by atoms with E-state index < -0.39 is 0 Å². The number of hydrogen-bond acceptors (Lipinski definition) is 5. The van der Waals surface area contributed by atoms with Crippen molar-refractivity contribution < 1.29 is 4.74 Å². The highest BCUT2D eigenvalue weighted by Gasteiger charge is 2.22. The lowest BCUT2D eigenvalue weighted by atomic mass is 9.98. The number of hydrogen-bond donors (Lipinski definition) is 0. The Hall–Kier alpha value is -3.95. The van der Waals surface area contributed by atoms with E-state index in [2.05, 4.69) is 41.9 Å². The van der Waals surface area contributed by atoms with Crippen LogP contribution in [0, 0.1) is 18.3 Å². The van der Waals surface area contributed by atoms with Gasteiger partial charge >= 0.3 is 0 Å². The highest BCUT2D eigenvalue weighted by atomic mass is 16.5. The Morgan fingerprint density at radius 1 is 0.971 bits per heavy atom. The van der Waals surface area contributed by atoms with Crippen LogP contribution >= 0.6 is 0 Å². The molecule has 2 aromatic heterocycles. The zero-order chi connectivity index (χ0) is 23.8. The molecule has 4 aromatic rings. The summed E-state index contributed by atoms with van der Waals surface area (Å²) in [6, 6.07) is 17.6. The number of nitrogens with zero attached hydrogens (tertiary/aromatic N) is 4. The van der Waals surface area contributed by atoms with Crippen molar-refractivity contribution in [3.63, 3.8) is 0 Å². The van der Waals surface area contributed by atoms with Gasteiger partial charge in [0.05, 0.1) is 29.2 Å². The maximum absolute atomic E-state index is 13.5. The van der Waals surface area contributed by atoms with Gasteiger partial charge in [0.2, 0.25) is 0 Å². The summed E-state index contributed by atoms with van der Waals surface area (Å²) in [5, 5.41) is 10.5. The molecule has 170 valence electrons. The molecule has 0 bridgehead atoms. The minimum absolute atomic E-state index is 0.107. The van der Waals surface area contributed by atoms with E-state index in [9.17, 15) is 4.79 Å². The molecule has 6 heteroatoms. The van der Waals surface area contributed by atoms with Crippen LogP contribution in [-0.2, 0) is 4.74 Å². The van der Waals surface area contributed by atoms with Crippen LogP contribution in [0.2, 0.25) is 0 Å². The predicted octanol–water partition coefficient (Wildman–Crippen LogP) is 4.85. The van der Waals surface area contributed by atoms with Crippen LogP contribution in [0.4, 0.5) is 5.69 Å². The van der Waals surface area contributed by atoms with Gasteiger partial charge in [0.1, 0.15) is 0 Å². The summed E-state index contributed by atoms with van der Waals surface area (Å²) in [6.45, 7) is 7.89. The van der Waals surface area contributed by atoms with Crippen LogP contribution in [0.25, 0.3) is 27.6 Å². The third-order valence-corrected chi connectivity index (χ3v) is 6.35. The summed E-state index contributed by atoms with van der Waals surface area (Å²) >= 11 is 0. The lowest BCUT2D eigenvalue weighted by molar-refractivity contribution is -0.00521. The fraction of sp³-hybridized carbons (Fsp3) is 0.250. The molecule has 0 saturated carbocycles. The van der Waals surface area contributed by atoms with Gasteiger partial charge in [0.25, 0.3) is 5.56 Å². The first-order valence-electron chi connectivity index (χ1n) is 11.5. The fourth-order valence-electron chi connectivity index (χ4n) is 4.84. The van der Waals surface area contributed by atoms with Crippen LogP contribution < -0.4 is 10.5 Å². The average molecular weight is 451 g/mol. The number of nitriles is 1. The number of aryl methyl sites for hydroxylation is 1. The molecule has 0 unspecified atom stereocenters. The molecule has 34 heavy (non-hydrogen) atoms. The van der Waals surface area contributed by atoms with Gasteiger partial charge in [-0.15, -0.1) is 0 Å². The van der Waals surface area contributed by atoms with Crippen molar-refractivity contribution in [2.24, 2.45) is 0 Å². The molecule has 1 aliphatic heterocycles. The summed E-state index contributed by atoms with van der Waals surface area (Å²) in [5.74, 6) is 0. The average Bonchev–Trinajstić information content (AvgIpc) is 2.85. The van der Waals surface area contributed by atoms with E-state index in [0.29, 0.717) is 10.9 Å². The Morgan fingerprint density at radius 3 is 2.26 bits per heavy atom. The molecule has 1 aliphatic rings. The minimum atomic E-state index is -0.107. The van der Waals surface area contributed by atoms with Gasteiger partial charge in [-0.05, 0) is 68.3 Å². The van der Waals surface area contributed by atoms with Crippen molar-refractivity contribution in [3.05, 3.63) is 88.6 Å². The Labute approximate surface area is 198 Å². The third kappa shape index (κ3) is 3.95. The largest absolute Gasteiger partial charge is 0.372 e. The third-order valence-electron chi connectivity index (χ3n) is 6.35. The number of anilines is 1. The van der Waals surface area contributed by atoms with Crippen molar-refractivity contribution in [2.45, 2.75) is 33.0 Å². The molecule has 5 rings (SSSR count). The first kappa shape index (κ1) is 21.9. The monoisotopic (exact) mass is 450 g/mol. The van der Waals surface area contributed by atoms with Gasteiger partial charge in [-0.25, -0.2) is 0 Å². The first-order chi connectivity index (χ1) is 16.4.